The van der Waals surface area contributed by atoms with Gasteiger partial charge in [0.15, 0.2) is 5.96 Å². The first-order valence-corrected chi connectivity index (χ1v) is 8.73. The van der Waals surface area contributed by atoms with Crippen LogP contribution in [0.3, 0.4) is 0 Å². The van der Waals surface area contributed by atoms with Crippen LogP contribution in [-0.4, -0.2) is 43.3 Å². The summed E-state index contributed by atoms with van der Waals surface area (Å²) in [5.74, 6) is 1.88. The molecule has 0 radical (unpaired) electrons. The minimum Gasteiger partial charge on any atom is -0.444 e. The van der Waals surface area contributed by atoms with Crippen LogP contribution in [0, 0.1) is 11.8 Å². The van der Waals surface area contributed by atoms with E-state index >= 15 is 0 Å². The molecule has 3 N–H and O–H groups in total. The van der Waals surface area contributed by atoms with Gasteiger partial charge in [-0.2, -0.15) is 0 Å². The van der Waals surface area contributed by atoms with Crippen LogP contribution >= 0.6 is 0 Å². The molecule has 1 unspecified atom stereocenters. The number of alkyl carbamates (subject to hydrolysis) is 1. The summed E-state index contributed by atoms with van der Waals surface area (Å²) in [7, 11) is 0. The van der Waals surface area contributed by atoms with Crippen molar-refractivity contribution < 1.29 is 9.53 Å². The summed E-state index contributed by atoms with van der Waals surface area (Å²) in [6, 6.07) is -0.0544. The second kappa shape index (κ2) is 8.99. The third-order valence-electron chi connectivity index (χ3n) is 3.55. The third kappa shape index (κ3) is 9.31. The van der Waals surface area contributed by atoms with E-state index in [0.717, 1.165) is 25.0 Å². The van der Waals surface area contributed by atoms with E-state index in [9.17, 15) is 4.79 Å². The fourth-order valence-corrected chi connectivity index (χ4v) is 1.98. The van der Waals surface area contributed by atoms with E-state index in [1.54, 1.807) is 0 Å². The summed E-state index contributed by atoms with van der Waals surface area (Å²) < 4.78 is 5.33. The van der Waals surface area contributed by atoms with Gasteiger partial charge in [-0.05, 0) is 52.4 Å². The molecule has 1 aliphatic carbocycles. The van der Waals surface area contributed by atoms with Gasteiger partial charge in [0, 0.05) is 13.1 Å². The molecule has 0 heterocycles. The number of nitrogens with one attached hydrogen (secondary N) is 3. The molecule has 0 bridgehead atoms. The van der Waals surface area contributed by atoms with E-state index in [1.165, 1.54) is 12.8 Å². The second-order valence-corrected chi connectivity index (χ2v) is 7.54. The molecule has 6 heteroatoms. The Bertz CT molecular complexity index is 398. The van der Waals surface area contributed by atoms with Crippen LogP contribution in [0.5, 0.6) is 0 Å². The Morgan fingerprint density at radius 1 is 1.26 bits per heavy atom. The van der Waals surface area contributed by atoms with Crippen molar-refractivity contribution >= 4 is 12.1 Å². The Morgan fingerprint density at radius 2 is 1.91 bits per heavy atom. The van der Waals surface area contributed by atoms with Crippen LogP contribution in [0.1, 0.15) is 54.4 Å². The van der Waals surface area contributed by atoms with Crippen molar-refractivity contribution in [2.45, 2.75) is 66.0 Å². The van der Waals surface area contributed by atoms with Gasteiger partial charge in [-0.3, -0.25) is 4.99 Å². The van der Waals surface area contributed by atoms with Crippen molar-refractivity contribution in [1.82, 2.24) is 16.0 Å². The lowest BCUT2D eigenvalue weighted by molar-refractivity contribution is 0.0493. The number of carbonyl (C=O) groups is 1. The standard InChI is InChI=1S/C17H34N4O2/c1-7-18-15(19-10-13-8-9-13)20-11-14(12(2)3)21-16(22)23-17(4,5)6/h12-14H,7-11H2,1-6H3,(H,21,22)(H2,18,19,20). The van der Waals surface area contributed by atoms with E-state index < -0.39 is 5.60 Å². The minimum absolute atomic E-state index is 0.0544. The summed E-state index contributed by atoms with van der Waals surface area (Å²) in [5.41, 5.74) is -0.490. The lowest BCUT2D eigenvalue weighted by Crippen LogP contribution is -2.45. The van der Waals surface area contributed by atoms with Crippen LogP contribution < -0.4 is 16.0 Å². The van der Waals surface area contributed by atoms with Gasteiger partial charge in [-0.25, -0.2) is 4.79 Å². The average Bonchev–Trinajstić information content (AvgIpc) is 3.22. The van der Waals surface area contributed by atoms with Gasteiger partial charge in [0.05, 0.1) is 12.6 Å². The highest BCUT2D eigenvalue weighted by molar-refractivity contribution is 5.79. The quantitative estimate of drug-likeness (QED) is 0.496. The smallest absolute Gasteiger partial charge is 0.407 e. The van der Waals surface area contributed by atoms with Gasteiger partial charge in [0.25, 0.3) is 0 Å². The van der Waals surface area contributed by atoms with Crippen LogP contribution in [0.25, 0.3) is 0 Å². The summed E-state index contributed by atoms with van der Waals surface area (Å²) in [6.45, 7) is 14.1. The Hall–Kier alpha value is -1.46. The van der Waals surface area contributed by atoms with E-state index in [0.29, 0.717) is 6.54 Å². The zero-order valence-electron chi connectivity index (χ0n) is 15.5. The lowest BCUT2D eigenvalue weighted by atomic mass is 10.1. The van der Waals surface area contributed by atoms with Crippen molar-refractivity contribution in [1.29, 1.82) is 0 Å². The molecule has 1 amide bonds. The monoisotopic (exact) mass is 326 g/mol. The molecule has 0 aromatic rings. The number of hydrogen-bond donors (Lipinski definition) is 3. The fraction of sp³-hybridized carbons (Fsp3) is 0.882. The maximum Gasteiger partial charge on any atom is 0.407 e. The molecule has 1 saturated carbocycles. The fourth-order valence-electron chi connectivity index (χ4n) is 1.98. The van der Waals surface area contributed by atoms with Crippen molar-refractivity contribution in [2.75, 3.05) is 19.6 Å². The van der Waals surface area contributed by atoms with Gasteiger partial charge >= 0.3 is 6.09 Å². The van der Waals surface area contributed by atoms with Crippen molar-refractivity contribution in [3.63, 3.8) is 0 Å². The number of hydrogen-bond acceptors (Lipinski definition) is 3. The van der Waals surface area contributed by atoms with Gasteiger partial charge in [0.2, 0.25) is 0 Å². The van der Waals surface area contributed by atoms with Crippen LogP contribution in [0.2, 0.25) is 0 Å². The van der Waals surface area contributed by atoms with E-state index in [1.807, 2.05) is 27.7 Å². The molecule has 1 aliphatic rings. The van der Waals surface area contributed by atoms with Gasteiger partial charge in [-0.1, -0.05) is 13.8 Å². The van der Waals surface area contributed by atoms with Gasteiger partial charge in [-0.15, -0.1) is 0 Å². The molecule has 0 aromatic heterocycles. The summed E-state index contributed by atoms with van der Waals surface area (Å²) in [6.07, 6.45) is 2.23. The van der Waals surface area contributed by atoms with Crippen molar-refractivity contribution in [3.05, 3.63) is 0 Å². The highest BCUT2D eigenvalue weighted by atomic mass is 16.6. The predicted molar refractivity (Wildman–Crippen MR) is 94.7 cm³/mol. The van der Waals surface area contributed by atoms with E-state index in [-0.39, 0.29) is 18.1 Å². The molecular formula is C17H34N4O2. The molecule has 1 rings (SSSR count). The zero-order valence-corrected chi connectivity index (χ0v) is 15.5. The SMILES string of the molecule is CCNC(=NCC(NC(=O)OC(C)(C)C)C(C)C)NCC1CC1. The molecular weight excluding hydrogens is 292 g/mol. The van der Waals surface area contributed by atoms with Crippen molar-refractivity contribution in [3.8, 4) is 0 Å². The molecule has 23 heavy (non-hydrogen) atoms. The number of aliphatic imine (C=N–C) groups is 1. The highest BCUT2D eigenvalue weighted by Crippen LogP contribution is 2.27. The first kappa shape index (κ1) is 19.6. The minimum atomic E-state index is -0.490. The average molecular weight is 326 g/mol. The third-order valence-corrected chi connectivity index (χ3v) is 3.55. The Morgan fingerprint density at radius 3 is 2.39 bits per heavy atom. The molecule has 0 spiro atoms. The molecule has 0 saturated heterocycles. The number of amides is 1. The van der Waals surface area contributed by atoms with Crippen LogP contribution in [0.4, 0.5) is 4.79 Å². The lowest BCUT2D eigenvalue weighted by Gasteiger charge is -2.25. The summed E-state index contributed by atoms with van der Waals surface area (Å²) in [5, 5.41) is 9.53. The summed E-state index contributed by atoms with van der Waals surface area (Å²) in [4.78, 5) is 16.6. The Balaban J connectivity index is 2.53. The first-order chi connectivity index (χ1) is 10.7. The normalized spacial score (nSPS) is 16.9. The van der Waals surface area contributed by atoms with E-state index in [4.69, 9.17) is 4.74 Å². The second-order valence-electron chi connectivity index (χ2n) is 7.54. The summed E-state index contributed by atoms with van der Waals surface area (Å²) >= 11 is 0. The number of nitrogens with zero attached hydrogens (tertiary/aromatic N) is 1. The number of rotatable bonds is 7. The number of ether oxygens (including phenoxy) is 1. The largest absolute Gasteiger partial charge is 0.444 e. The predicted octanol–water partition coefficient (Wildman–Crippen LogP) is 2.50. The van der Waals surface area contributed by atoms with Gasteiger partial charge in [0.1, 0.15) is 5.60 Å². The molecule has 134 valence electrons. The number of carbonyl (C=O) groups excluding carboxylic acids is 1. The molecule has 1 fully saturated rings. The molecule has 0 aliphatic heterocycles. The molecule has 6 nitrogen and oxygen atoms in total. The molecule has 1 atom stereocenters. The number of guanidine groups is 1. The maximum atomic E-state index is 12.0. The highest BCUT2D eigenvalue weighted by Gasteiger charge is 2.22. The molecule has 0 aromatic carbocycles. The maximum absolute atomic E-state index is 12.0. The van der Waals surface area contributed by atoms with Crippen LogP contribution in [-0.2, 0) is 4.74 Å². The van der Waals surface area contributed by atoms with Crippen molar-refractivity contribution in [2.24, 2.45) is 16.8 Å². The Labute approximate surface area is 140 Å². The zero-order chi connectivity index (χ0) is 17.5. The topological polar surface area (TPSA) is 74.8 Å². The van der Waals surface area contributed by atoms with E-state index in [2.05, 4.69) is 34.8 Å². The first-order valence-electron chi connectivity index (χ1n) is 8.73. The Kier molecular flexibility index (Phi) is 7.65. The van der Waals surface area contributed by atoms with Crippen LogP contribution in [0.15, 0.2) is 4.99 Å². The van der Waals surface area contributed by atoms with Gasteiger partial charge < -0.3 is 20.7 Å².